The van der Waals surface area contributed by atoms with Gasteiger partial charge in [0.15, 0.2) is 17.3 Å². The summed E-state index contributed by atoms with van der Waals surface area (Å²) in [5.74, 6) is 0.314. The Bertz CT molecular complexity index is 1070. The zero-order valence-corrected chi connectivity index (χ0v) is 16.0. The average Bonchev–Trinajstić information content (AvgIpc) is 2.76. The van der Waals surface area contributed by atoms with E-state index in [0.29, 0.717) is 39.3 Å². The smallest absolute Gasteiger partial charge is 0.337 e. The number of fused-ring (bicyclic) bond motifs is 2. The van der Waals surface area contributed by atoms with Gasteiger partial charge in [-0.15, -0.1) is 0 Å². The molecule has 0 spiro atoms. The average molecular weight is 386 g/mol. The van der Waals surface area contributed by atoms with Gasteiger partial charge in [-0.2, -0.15) is 0 Å². The van der Waals surface area contributed by atoms with E-state index in [1.54, 1.807) is 42.5 Å². The number of esters is 1. The highest BCUT2D eigenvalue weighted by Crippen LogP contribution is 2.38. The van der Waals surface area contributed by atoms with Crippen LogP contribution in [0.3, 0.4) is 0 Å². The van der Waals surface area contributed by atoms with Gasteiger partial charge in [-0.25, -0.2) is 4.79 Å². The van der Waals surface area contributed by atoms with Gasteiger partial charge in [0, 0.05) is 17.2 Å². The molecular weight excluding hydrogens is 368 g/mol. The lowest BCUT2D eigenvalue weighted by molar-refractivity contribution is -0.129. The summed E-state index contributed by atoms with van der Waals surface area (Å²) in [7, 11) is 2.98. The maximum absolute atomic E-state index is 12.8. The number of methoxy groups -OCH3 is 2. The van der Waals surface area contributed by atoms with Crippen LogP contribution in [0.1, 0.15) is 27.0 Å². The van der Waals surface area contributed by atoms with E-state index in [1.807, 2.05) is 24.3 Å². The molecule has 4 rings (SSSR count). The Kier molecular flexibility index (Phi) is 4.87. The second-order valence-corrected chi connectivity index (χ2v) is 6.39. The van der Waals surface area contributed by atoms with Gasteiger partial charge in [0.1, 0.15) is 0 Å². The molecule has 0 aliphatic heterocycles. The molecule has 0 N–H and O–H groups in total. The third-order valence-corrected chi connectivity index (χ3v) is 4.77. The van der Waals surface area contributed by atoms with E-state index < -0.39 is 5.97 Å². The lowest BCUT2D eigenvalue weighted by Gasteiger charge is -2.21. The Morgan fingerprint density at radius 2 is 1.21 bits per heavy atom. The first-order valence-electron chi connectivity index (χ1n) is 9.02. The van der Waals surface area contributed by atoms with Crippen molar-refractivity contribution in [2.45, 2.75) is 0 Å². The summed E-state index contributed by atoms with van der Waals surface area (Å²) in [6.07, 6.45) is 1.40. The molecule has 0 saturated carbocycles. The monoisotopic (exact) mass is 386 g/mol. The number of ether oxygens (including phenoxy) is 3. The Labute approximate surface area is 168 Å². The van der Waals surface area contributed by atoms with Crippen LogP contribution in [0.2, 0.25) is 0 Å². The van der Waals surface area contributed by atoms with E-state index in [2.05, 4.69) is 0 Å². The topological polar surface area (TPSA) is 61.8 Å². The number of hydrogen-bond acceptors (Lipinski definition) is 5. The highest BCUT2D eigenvalue weighted by atomic mass is 16.6. The number of para-hydroxylation sites is 1. The van der Waals surface area contributed by atoms with Crippen molar-refractivity contribution in [3.63, 3.8) is 0 Å². The molecule has 3 aromatic rings. The molecule has 0 unspecified atom stereocenters. The maximum atomic E-state index is 12.8. The van der Waals surface area contributed by atoms with E-state index in [-0.39, 0.29) is 11.5 Å². The molecule has 0 amide bonds. The van der Waals surface area contributed by atoms with Crippen LogP contribution in [0, 0.1) is 0 Å². The molecule has 0 atom stereocenters. The molecule has 144 valence electrons. The van der Waals surface area contributed by atoms with Crippen molar-refractivity contribution < 1.29 is 23.8 Å². The summed E-state index contributed by atoms with van der Waals surface area (Å²) in [5.41, 5.74) is 3.13. The number of benzene rings is 3. The van der Waals surface area contributed by atoms with Gasteiger partial charge in [0.2, 0.25) is 5.75 Å². The second kappa shape index (κ2) is 7.64. The van der Waals surface area contributed by atoms with Crippen molar-refractivity contribution in [1.29, 1.82) is 0 Å². The number of carbonyl (C=O) groups excluding carboxylic acids is 2. The SMILES string of the molecule is COc1cccc(OC)c1OC(=O)C=C1c2ccccc2C(=O)c2ccccc21. The van der Waals surface area contributed by atoms with Gasteiger partial charge >= 0.3 is 5.97 Å². The third kappa shape index (κ3) is 3.27. The minimum Gasteiger partial charge on any atom is -0.493 e. The minimum absolute atomic E-state index is 0.0619. The second-order valence-electron chi connectivity index (χ2n) is 6.39. The predicted molar refractivity (Wildman–Crippen MR) is 109 cm³/mol. The van der Waals surface area contributed by atoms with E-state index >= 15 is 0 Å². The normalized spacial score (nSPS) is 11.9. The number of rotatable bonds is 4. The lowest BCUT2D eigenvalue weighted by Crippen LogP contribution is -2.16. The first kappa shape index (κ1) is 18.5. The van der Waals surface area contributed by atoms with Crippen LogP contribution in [-0.2, 0) is 4.79 Å². The standard InChI is InChI=1S/C24H18O5/c1-27-20-12-7-13-21(28-2)24(20)29-22(25)14-19-15-8-3-5-10-17(15)23(26)18-11-6-4-9-16(18)19/h3-14H,1-2H3. The van der Waals surface area contributed by atoms with Gasteiger partial charge < -0.3 is 14.2 Å². The molecule has 3 aromatic carbocycles. The number of hydrogen-bond donors (Lipinski definition) is 0. The third-order valence-electron chi connectivity index (χ3n) is 4.77. The van der Waals surface area contributed by atoms with E-state index in [1.165, 1.54) is 20.3 Å². The minimum atomic E-state index is -0.596. The number of ketones is 1. The molecule has 1 aliphatic carbocycles. The zero-order chi connectivity index (χ0) is 20.4. The van der Waals surface area contributed by atoms with Crippen molar-refractivity contribution in [2.75, 3.05) is 14.2 Å². The first-order valence-corrected chi connectivity index (χ1v) is 9.02. The van der Waals surface area contributed by atoms with Gasteiger partial charge in [-0.1, -0.05) is 54.6 Å². The van der Waals surface area contributed by atoms with Crippen LogP contribution in [0.25, 0.3) is 5.57 Å². The largest absolute Gasteiger partial charge is 0.493 e. The maximum Gasteiger partial charge on any atom is 0.337 e. The highest BCUT2D eigenvalue weighted by molar-refractivity contribution is 6.20. The fraction of sp³-hybridized carbons (Fsp3) is 0.0833. The van der Waals surface area contributed by atoms with E-state index in [0.717, 1.165) is 0 Å². The lowest BCUT2D eigenvalue weighted by atomic mass is 9.81. The summed E-state index contributed by atoms with van der Waals surface area (Å²) < 4.78 is 16.1. The molecule has 1 aliphatic rings. The first-order chi connectivity index (χ1) is 14.1. The van der Waals surface area contributed by atoms with E-state index in [9.17, 15) is 9.59 Å². The summed E-state index contributed by atoms with van der Waals surface area (Å²) >= 11 is 0. The molecule has 0 heterocycles. The molecule has 0 saturated heterocycles. The van der Waals surface area contributed by atoms with Crippen molar-refractivity contribution in [1.82, 2.24) is 0 Å². The summed E-state index contributed by atoms with van der Waals surface area (Å²) in [4.78, 5) is 25.6. The summed E-state index contributed by atoms with van der Waals surface area (Å²) in [6.45, 7) is 0. The predicted octanol–water partition coefficient (Wildman–Crippen LogP) is 4.29. The Balaban J connectivity index is 1.79. The quantitative estimate of drug-likeness (QED) is 0.298. The molecule has 0 bridgehead atoms. The molecule has 0 radical (unpaired) electrons. The van der Waals surface area contributed by atoms with Crippen LogP contribution >= 0.6 is 0 Å². The fourth-order valence-corrected chi connectivity index (χ4v) is 3.44. The summed E-state index contributed by atoms with van der Waals surface area (Å²) in [6, 6.07) is 19.6. The molecule has 5 heteroatoms. The van der Waals surface area contributed by atoms with Crippen LogP contribution in [-0.4, -0.2) is 26.0 Å². The zero-order valence-electron chi connectivity index (χ0n) is 16.0. The Morgan fingerprint density at radius 1 is 0.724 bits per heavy atom. The molecule has 0 aromatic heterocycles. The number of carbonyl (C=O) groups is 2. The van der Waals surface area contributed by atoms with Gasteiger partial charge in [0.05, 0.1) is 14.2 Å². The van der Waals surface area contributed by atoms with Crippen LogP contribution < -0.4 is 14.2 Å². The van der Waals surface area contributed by atoms with Crippen molar-refractivity contribution >= 4 is 17.3 Å². The van der Waals surface area contributed by atoms with Crippen LogP contribution in [0.4, 0.5) is 0 Å². The van der Waals surface area contributed by atoms with Gasteiger partial charge in [-0.3, -0.25) is 4.79 Å². The van der Waals surface area contributed by atoms with Gasteiger partial charge in [-0.05, 0) is 28.8 Å². The fourth-order valence-electron chi connectivity index (χ4n) is 3.44. The molecular formula is C24H18O5. The molecule has 29 heavy (non-hydrogen) atoms. The Hall–Kier alpha value is -3.86. The van der Waals surface area contributed by atoms with Gasteiger partial charge in [0.25, 0.3) is 0 Å². The van der Waals surface area contributed by atoms with Crippen LogP contribution in [0.5, 0.6) is 17.2 Å². The van der Waals surface area contributed by atoms with Crippen molar-refractivity contribution in [2.24, 2.45) is 0 Å². The van der Waals surface area contributed by atoms with Crippen LogP contribution in [0.15, 0.2) is 72.8 Å². The highest BCUT2D eigenvalue weighted by Gasteiger charge is 2.27. The molecule has 5 nitrogen and oxygen atoms in total. The Morgan fingerprint density at radius 3 is 1.69 bits per heavy atom. The van der Waals surface area contributed by atoms with E-state index in [4.69, 9.17) is 14.2 Å². The molecule has 0 fully saturated rings. The van der Waals surface area contributed by atoms with Crippen molar-refractivity contribution in [3.05, 3.63) is 95.1 Å². The summed E-state index contributed by atoms with van der Waals surface area (Å²) in [5, 5.41) is 0. The van der Waals surface area contributed by atoms with Crippen molar-refractivity contribution in [3.8, 4) is 17.2 Å².